The Morgan fingerprint density at radius 2 is 0.923 bits per heavy atom. The van der Waals surface area contributed by atoms with E-state index in [1.54, 1.807) is 0 Å². The number of oxazole rings is 2. The van der Waals surface area contributed by atoms with Crippen molar-refractivity contribution in [3.8, 4) is 23.2 Å². The van der Waals surface area contributed by atoms with Crippen molar-refractivity contribution in [3.05, 3.63) is 158 Å². The lowest BCUT2D eigenvalue weighted by Crippen LogP contribution is -1.93. The third-order valence-electron chi connectivity index (χ3n) is 10.5. The highest BCUT2D eigenvalue weighted by atomic mass is 16.4. The summed E-state index contributed by atoms with van der Waals surface area (Å²) < 4.78 is 17.5. The minimum atomic E-state index is 0.523. The maximum Gasteiger partial charge on any atom is 0.307 e. The molecule has 0 N–H and O–H groups in total. The van der Waals surface area contributed by atoms with Crippen LogP contribution in [-0.4, -0.2) is 19.1 Å². The Balaban J connectivity index is 0.980. The molecule has 0 bridgehead atoms. The fourth-order valence-electron chi connectivity index (χ4n) is 8.11. The second kappa shape index (κ2) is 10.2. The van der Waals surface area contributed by atoms with Gasteiger partial charge in [-0.25, -0.2) is 4.98 Å². The molecule has 4 heterocycles. The minimum Gasteiger partial charge on any atom is -0.436 e. The summed E-state index contributed by atoms with van der Waals surface area (Å²) in [5.41, 5.74) is 9.19. The highest BCUT2D eigenvalue weighted by molar-refractivity contribution is 6.14. The molecule has 0 saturated carbocycles. The quantitative estimate of drug-likeness (QED) is 0.188. The summed E-state index contributed by atoms with van der Waals surface area (Å²) >= 11 is 0. The van der Waals surface area contributed by atoms with Gasteiger partial charge in [0.2, 0.25) is 5.89 Å². The molecule has 0 fully saturated rings. The summed E-state index contributed by atoms with van der Waals surface area (Å²) in [5, 5.41) is 9.57. The van der Waals surface area contributed by atoms with E-state index in [-0.39, 0.29) is 0 Å². The third kappa shape index (κ3) is 3.89. The predicted molar refractivity (Wildman–Crippen MR) is 211 cm³/mol. The number of rotatable bonds is 3. The smallest absolute Gasteiger partial charge is 0.307 e. The second-order valence-electron chi connectivity index (χ2n) is 13.5. The van der Waals surface area contributed by atoms with Crippen molar-refractivity contribution in [2.75, 3.05) is 0 Å². The summed E-state index contributed by atoms with van der Waals surface area (Å²) in [4.78, 5) is 9.87. The average Bonchev–Trinajstić information content (AvgIpc) is 3.96. The standard InChI is InChI=1S/C46H26N4O2/c1-3-11-29-23-41-35(21-27(29)9-1)33-13-5-7-15-39(33)49(41)32-18-20-37-44(26-32)51-45(47-37)31-17-19-38-43(25-31)52-46(48-38)50-40-16-8-6-14-34(40)36-22-28-10-2-4-12-30(28)24-42(36)50/h1-26H. The first-order valence-electron chi connectivity index (χ1n) is 17.4. The Hall–Kier alpha value is -7.18. The van der Waals surface area contributed by atoms with Gasteiger partial charge in [-0.05, 0) is 88.3 Å². The van der Waals surface area contributed by atoms with Gasteiger partial charge in [-0.3, -0.25) is 4.57 Å². The fourth-order valence-corrected chi connectivity index (χ4v) is 8.11. The lowest BCUT2D eigenvalue weighted by molar-refractivity contribution is 0.574. The van der Waals surface area contributed by atoms with E-state index in [1.807, 2.05) is 24.3 Å². The summed E-state index contributed by atoms with van der Waals surface area (Å²) in [5.74, 6) is 0.531. The zero-order valence-corrected chi connectivity index (χ0v) is 27.6. The number of para-hydroxylation sites is 2. The molecule has 0 aliphatic rings. The Kier molecular flexibility index (Phi) is 5.41. The SMILES string of the molecule is c1ccc2cc3c(cc2c1)c1ccccc1n3-c1ccc2nc(-c3ccc4nc(-n5c6ccccc6c6cc7ccccc7cc65)oc4c3)oc2c1. The Bertz CT molecular complexity index is 3280. The van der Waals surface area contributed by atoms with Crippen molar-refractivity contribution in [3.63, 3.8) is 0 Å². The van der Waals surface area contributed by atoms with E-state index < -0.39 is 0 Å². The highest BCUT2D eigenvalue weighted by Crippen LogP contribution is 2.38. The van der Waals surface area contributed by atoms with Crippen LogP contribution in [0, 0.1) is 0 Å². The van der Waals surface area contributed by atoms with E-state index in [9.17, 15) is 0 Å². The normalized spacial score (nSPS) is 12.2. The number of aromatic nitrogens is 4. The Morgan fingerprint density at radius 3 is 1.62 bits per heavy atom. The maximum atomic E-state index is 6.54. The molecule has 0 aliphatic carbocycles. The molecule has 0 radical (unpaired) electrons. The molecule has 6 nitrogen and oxygen atoms in total. The molecule has 12 rings (SSSR count). The zero-order chi connectivity index (χ0) is 33.9. The molecule has 242 valence electrons. The van der Waals surface area contributed by atoms with Crippen LogP contribution in [-0.2, 0) is 0 Å². The Morgan fingerprint density at radius 1 is 0.385 bits per heavy atom. The fraction of sp³-hybridized carbons (Fsp3) is 0. The predicted octanol–water partition coefficient (Wildman–Crippen LogP) is 12.1. The van der Waals surface area contributed by atoms with Gasteiger partial charge in [0.25, 0.3) is 0 Å². The lowest BCUT2D eigenvalue weighted by Gasteiger charge is -2.08. The Labute approximate surface area is 295 Å². The molecular formula is C46H26N4O2. The molecule has 12 aromatic rings. The monoisotopic (exact) mass is 666 g/mol. The van der Waals surface area contributed by atoms with E-state index in [0.717, 1.165) is 60.7 Å². The number of fused-ring (bicyclic) bond motifs is 10. The van der Waals surface area contributed by atoms with Crippen LogP contribution < -0.4 is 0 Å². The molecule has 0 atom stereocenters. The van der Waals surface area contributed by atoms with Crippen molar-refractivity contribution in [1.29, 1.82) is 0 Å². The number of hydrogen-bond acceptors (Lipinski definition) is 4. The highest BCUT2D eigenvalue weighted by Gasteiger charge is 2.19. The number of hydrogen-bond donors (Lipinski definition) is 0. The van der Waals surface area contributed by atoms with Crippen LogP contribution in [0.3, 0.4) is 0 Å². The van der Waals surface area contributed by atoms with Crippen LogP contribution in [0.15, 0.2) is 167 Å². The second-order valence-corrected chi connectivity index (χ2v) is 13.5. The van der Waals surface area contributed by atoms with Crippen LogP contribution in [0.2, 0.25) is 0 Å². The molecule has 0 spiro atoms. The van der Waals surface area contributed by atoms with Crippen LogP contribution in [0.5, 0.6) is 0 Å². The van der Waals surface area contributed by atoms with Crippen LogP contribution >= 0.6 is 0 Å². The topological polar surface area (TPSA) is 61.9 Å². The number of nitrogens with zero attached hydrogens (tertiary/aromatic N) is 4. The van der Waals surface area contributed by atoms with E-state index in [1.165, 1.54) is 32.3 Å². The summed E-state index contributed by atoms with van der Waals surface area (Å²) in [7, 11) is 0. The number of benzene rings is 8. The average molecular weight is 667 g/mol. The zero-order valence-electron chi connectivity index (χ0n) is 27.6. The van der Waals surface area contributed by atoms with Crippen molar-refractivity contribution in [2.45, 2.75) is 0 Å². The van der Waals surface area contributed by atoms with Gasteiger partial charge in [0.1, 0.15) is 11.0 Å². The van der Waals surface area contributed by atoms with Crippen molar-refractivity contribution < 1.29 is 8.83 Å². The summed E-state index contributed by atoms with van der Waals surface area (Å²) in [6, 6.07) is 55.7. The van der Waals surface area contributed by atoms with E-state index in [2.05, 4.69) is 143 Å². The molecule has 0 saturated heterocycles. The van der Waals surface area contributed by atoms with Crippen LogP contribution in [0.1, 0.15) is 0 Å². The van der Waals surface area contributed by atoms with Crippen molar-refractivity contribution in [1.82, 2.24) is 19.1 Å². The van der Waals surface area contributed by atoms with Crippen LogP contribution in [0.25, 0.3) is 111 Å². The third-order valence-corrected chi connectivity index (χ3v) is 10.5. The molecule has 0 aliphatic heterocycles. The van der Waals surface area contributed by atoms with Gasteiger partial charge < -0.3 is 13.4 Å². The first-order chi connectivity index (χ1) is 25.7. The lowest BCUT2D eigenvalue weighted by atomic mass is 10.1. The molecule has 8 aromatic carbocycles. The molecule has 6 heteroatoms. The van der Waals surface area contributed by atoms with Gasteiger partial charge in [0.15, 0.2) is 11.2 Å². The van der Waals surface area contributed by atoms with Gasteiger partial charge >= 0.3 is 6.01 Å². The summed E-state index contributed by atoms with van der Waals surface area (Å²) in [6.07, 6.45) is 0. The van der Waals surface area contributed by atoms with Gasteiger partial charge in [-0.15, -0.1) is 0 Å². The van der Waals surface area contributed by atoms with Gasteiger partial charge in [-0.2, -0.15) is 4.98 Å². The molecular weight excluding hydrogens is 641 g/mol. The maximum absolute atomic E-state index is 6.54. The van der Waals surface area contributed by atoms with Gasteiger partial charge in [0.05, 0.1) is 27.8 Å². The minimum absolute atomic E-state index is 0.523. The summed E-state index contributed by atoms with van der Waals surface area (Å²) in [6.45, 7) is 0. The van der Waals surface area contributed by atoms with Crippen molar-refractivity contribution in [2.24, 2.45) is 0 Å². The van der Waals surface area contributed by atoms with E-state index in [4.69, 9.17) is 18.8 Å². The molecule has 4 aromatic heterocycles. The van der Waals surface area contributed by atoms with Crippen LogP contribution in [0.4, 0.5) is 0 Å². The van der Waals surface area contributed by atoms with Crippen molar-refractivity contribution >= 4 is 87.4 Å². The van der Waals surface area contributed by atoms with Gasteiger partial charge in [-0.1, -0.05) is 84.9 Å². The largest absolute Gasteiger partial charge is 0.436 e. The molecule has 0 amide bonds. The molecule has 52 heavy (non-hydrogen) atoms. The first-order valence-corrected chi connectivity index (χ1v) is 17.4. The van der Waals surface area contributed by atoms with E-state index >= 15 is 0 Å². The molecule has 0 unspecified atom stereocenters. The first kappa shape index (κ1) is 27.6. The van der Waals surface area contributed by atoms with Gasteiger partial charge in [0, 0.05) is 33.2 Å². The van der Waals surface area contributed by atoms with E-state index in [0.29, 0.717) is 17.5 Å².